The molecule has 1 rings (SSSR count). The molecule has 0 aliphatic rings. The summed E-state index contributed by atoms with van der Waals surface area (Å²) >= 11 is 0. The number of carbonyl (C=O) groups is 1. The Labute approximate surface area is 120 Å². The highest BCUT2D eigenvalue weighted by molar-refractivity contribution is 5.71. The lowest BCUT2D eigenvalue weighted by Crippen LogP contribution is -2.37. The van der Waals surface area contributed by atoms with Crippen LogP contribution in [-0.2, 0) is 9.53 Å². The Morgan fingerprint density at radius 1 is 1.20 bits per heavy atom. The molecule has 0 amide bonds. The van der Waals surface area contributed by atoms with Crippen LogP contribution in [0.4, 0.5) is 0 Å². The largest absolute Gasteiger partial charge is 0.493 e. The molecule has 0 aliphatic heterocycles. The monoisotopic (exact) mass is 281 g/mol. The number of carbonyl (C=O) groups excluding carboxylic acids is 1. The number of esters is 1. The van der Waals surface area contributed by atoms with E-state index in [4.69, 9.17) is 14.2 Å². The summed E-state index contributed by atoms with van der Waals surface area (Å²) < 4.78 is 15.9. The molecule has 0 saturated carbocycles. The second-order valence-electron chi connectivity index (χ2n) is 4.25. The van der Waals surface area contributed by atoms with E-state index >= 15 is 0 Å². The molecule has 1 aromatic rings. The fourth-order valence-electron chi connectivity index (χ4n) is 1.91. The van der Waals surface area contributed by atoms with Crippen molar-refractivity contribution in [2.45, 2.75) is 27.0 Å². The molecular formula is C15H23NO4. The van der Waals surface area contributed by atoms with E-state index < -0.39 is 5.97 Å². The highest BCUT2D eigenvalue weighted by atomic mass is 16.6. The zero-order chi connectivity index (χ0) is 15.0. The summed E-state index contributed by atoms with van der Waals surface area (Å²) in [7, 11) is 1.56. The minimum Gasteiger partial charge on any atom is -0.493 e. The maximum Gasteiger partial charge on any atom is 0.345 e. The van der Waals surface area contributed by atoms with Crippen LogP contribution in [0.25, 0.3) is 0 Å². The number of hydrogen-bond donors (Lipinski definition) is 0. The zero-order valence-corrected chi connectivity index (χ0v) is 12.6. The molecule has 1 unspecified atom stereocenters. The fourth-order valence-corrected chi connectivity index (χ4v) is 1.91. The molecule has 0 aliphatic carbocycles. The van der Waals surface area contributed by atoms with Gasteiger partial charge in [-0.05, 0) is 32.1 Å². The Bertz CT molecular complexity index is 418. The average molecular weight is 281 g/mol. The van der Waals surface area contributed by atoms with Gasteiger partial charge in [-0.2, -0.15) is 0 Å². The van der Waals surface area contributed by atoms with Gasteiger partial charge in [0.25, 0.3) is 0 Å². The predicted molar refractivity (Wildman–Crippen MR) is 77.0 cm³/mol. The highest BCUT2D eigenvalue weighted by Gasteiger charge is 2.15. The number of hydrogen-bond acceptors (Lipinski definition) is 5. The molecule has 0 N–H and O–H groups in total. The number of rotatable bonds is 8. The number of benzene rings is 1. The van der Waals surface area contributed by atoms with Crippen molar-refractivity contribution >= 4 is 5.97 Å². The molecule has 1 atom stereocenters. The van der Waals surface area contributed by atoms with Crippen LogP contribution in [0.5, 0.6) is 11.5 Å². The van der Waals surface area contributed by atoms with Gasteiger partial charge in [0.05, 0.1) is 7.11 Å². The first-order valence-electron chi connectivity index (χ1n) is 6.81. The summed E-state index contributed by atoms with van der Waals surface area (Å²) in [5.74, 6) is 0.731. The summed E-state index contributed by atoms with van der Waals surface area (Å²) in [6.07, 6.45) is -0.251. The van der Waals surface area contributed by atoms with Gasteiger partial charge in [-0.1, -0.05) is 26.0 Å². The van der Waals surface area contributed by atoms with Gasteiger partial charge >= 0.3 is 5.97 Å². The fraction of sp³-hybridized carbons (Fsp3) is 0.533. The summed E-state index contributed by atoms with van der Waals surface area (Å²) in [4.78, 5) is 13.8. The summed E-state index contributed by atoms with van der Waals surface area (Å²) in [5, 5.41) is 0. The first kappa shape index (κ1) is 16.3. The van der Waals surface area contributed by atoms with Crippen LogP contribution in [0.15, 0.2) is 24.3 Å². The van der Waals surface area contributed by atoms with Crippen molar-refractivity contribution in [1.82, 2.24) is 4.90 Å². The molecule has 0 fully saturated rings. The third kappa shape index (κ3) is 4.74. The molecule has 112 valence electrons. The van der Waals surface area contributed by atoms with Gasteiger partial charge in [0.1, 0.15) is 0 Å². The molecule has 0 spiro atoms. The Kier molecular flexibility index (Phi) is 6.87. The minimum atomic E-state index is -0.393. The number of para-hydroxylation sites is 2. The zero-order valence-electron chi connectivity index (χ0n) is 12.6. The van der Waals surface area contributed by atoms with Crippen molar-refractivity contribution in [2.24, 2.45) is 0 Å². The Hall–Kier alpha value is -1.75. The second-order valence-corrected chi connectivity index (χ2v) is 4.25. The number of methoxy groups -OCH3 is 1. The van der Waals surface area contributed by atoms with Gasteiger partial charge in [-0.25, -0.2) is 4.79 Å². The molecule has 0 heterocycles. The molecule has 20 heavy (non-hydrogen) atoms. The van der Waals surface area contributed by atoms with E-state index in [1.165, 1.54) is 0 Å². The topological polar surface area (TPSA) is 48.0 Å². The van der Waals surface area contributed by atoms with Crippen molar-refractivity contribution < 1.29 is 19.0 Å². The van der Waals surface area contributed by atoms with Crippen LogP contribution in [0.2, 0.25) is 0 Å². The van der Waals surface area contributed by atoms with E-state index in [9.17, 15) is 4.79 Å². The van der Waals surface area contributed by atoms with Crippen molar-refractivity contribution in [3.8, 4) is 11.5 Å². The lowest BCUT2D eigenvalue weighted by molar-refractivity contribution is -0.159. The van der Waals surface area contributed by atoms with E-state index in [0.29, 0.717) is 11.5 Å². The quantitative estimate of drug-likeness (QED) is 0.540. The molecule has 5 nitrogen and oxygen atoms in total. The van der Waals surface area contributed by atoms with E-state index in [0.717, 1.165) is 13.1 Å². The number of nitrogens with zero attached hydrogens (tertiary/aromatic N) is 1. The predicted octanol–water partition coefficient (Wildman–Crippen LogP) is 2.30. The van der Waals surface area contributed by atoms with Crippen molar-refractivity contribution in [3.63, 3.8) is 0 Å². The summed E-state index contributed by atoms with van der Waals surface area (Å²) in [6, 6.07) is 7.19. The van der Waals surface area contributed by atoms with Crippen LogP contribution < -0.4 is 9.47 Å². The van der Waals surface area contributed by atoms with E-state index in [2.05, 4.69) is 0 Å². The normalized spacial score (nSPS) is 12.1. The summed E-state index contributed by atoms with van der Waals surface area (Å²) in [5.41, 5.74) is 0. The van der Waals surface area contributed by atoms with Crippen LogP contribution in [0.3, 0.4) is 0 Å². The molecule has 0 aromatic heterocycles. The van der Waals surface area contributed by atoms with Crippen molar-refractivity contribution in [1.29, 1.82) is 0 Å². The molecule has 0 radical (unpaired) electrons. The van der Waals surface area contributed by atoms with Gasteiger partial charge in [-0.15, -0.1) is 0 Å². The van der Waals surface area contributed by atoms with E-state index in [-0.39, 0.29) is 12.8 Å². The Balaban J connectivity index is 2.47. The Morgan fingerprint density at radius 3 is 2.35 bits per heavy atom. The minimum absolute atomic E-state index is 0.133. The van der Waals surface area contributed by atoms with Crippen molar-refractivity contribution in [2.75, 3.05) is 26.8 Å². The van der Waals surface area contributed by atoms with Gasteiger partial charge in [0.2, 0.25) is 0 Å². The van der Waals surface area contributed by atoms with Gasteiger partial charge in [0.15, 0.2) is 24.3 Å². The smallest absolute Gasteiger partial charge is 0.345 e. The van der Waals surface area contributed by atoms with Crippen molar-refractivity contribution in [3.05, 3.63) is 24.3 Å². The van der Waals surface area contributed by atoms with Crippen LogP contribution in [0, 0.1) is 0 Å². The lowest BCUT2D eigenvalue weighted by Gasteiger charge is -2.25. The second kappa shape index (κ2) is 8.43. The molecule has 0 saturated heterocycles. The third-order valence-corrected chi connectivity index (χ3v) is 3.04. The standard InChI is InChI=1S/C15H23NO4/c1-5-16(6-2)12(3)20-15(17)11-19-14-10-8-7-9-13(14)18-4/h7-10,12H,5-6,11H2,1-4H3. The number of ether oxygens (including phenoxy) is 3. The molecule has 1 aromatic carbocycles. The maximum atomic E-state index is 11.7. The van der Waals surface area contributed by atoms with Crippen LogP contribution in [0.1, 0.15) is 20.8 Å². The first-order chi connectivity index (χ1) is 9.62. The highest BCUT2D eigenvalue weighted by Crippen LogP contribution is 2.25. The Morgan fingerprint density at radius 2 is 1.80 bits per heavy atom. The molecule has 5 heteroatoms. The van der Waals surface area contributed by atoms with E-state index in [1.807, 2.05) is 37.8 Å². The van der Waals surface area contributed by atoms with Crippen LogP contribution in [-0.4, -0.2) is 43.9 Å². The summed E-state index contributed by atoms with van der Waals surface area (Å²) in [6.45, 7) is 7.44. The van der Waals surface area contributed by atoms with Crippen LogP contribution >= 0.6 is 0 Å². The van der Waals surface area contributed by atoms with Gasteiger partial charge < -0.3 is 14.2 Å². The first-order valence-corrected chi connectivity index (χ1v) is 6.81. The van der Waals surface area contributed by atoms with E-state index in [1.54, 1.807) is 19.2 Å². The third-order valence-electron chi connectivity index (χ3n) is 3.04. The average Bonchev–Trinajstić information content (AvgIpc) is 2.46. The molecule has 0 bridgehead atoms. The lowest BCUT2D eigenvalue weighted by atomic mass is 10.3. The van der Waals surface area contributed by atoms with Gasteiger partial charge in [-0.3, -0.25) is 4.90 Å². The molecular weight excluding hydrogens is 258 g/mol. The SMILES string of the molecule is CCN(CC)C(C)OC(=O)COc1ccccc1OC. The van der Waals surface area contributed by atoms with Gasteiger partial charge in [0, 0.05) is 0 Å². The maximum absolute atomic E-state index is 11.7.